The lowest BCUT2D eigenvalue weighted by atomic mass is 9.92. The van der Waals surface area contributed by atoms with Crippen LogP contribution < -0.4 is 0 Å². The summed E-state index contributed by atoms with van der Waals surface area (Å²) in [7, 11) is 0. The SMILES string of the molecule is Cc1ccccc1CN1CC2(C[C@H](OCc3cccnc3)CS2)C1. The first-order chi connectivity index (χ1) is 11.7. The van der Waals surface area contributed by atoms with Crippen molar-refractivity contribution in [2.75, 3.05) is 18.8 Å². The summed E-state index contributed by atoms with van der Waals surface area (Å²) in [6, 6.07) is 12.8. The highest BCUT2D eigenvalue weighted by molar-refractivity contribution is 8.01. The lowest BCUT2D eigenvalue weighted by Crippen LogP contribution is -2.58. The monoisotopic (exact) mass is 340 g/mol. The molecular weight excluding hydrogens is 316 g/mol. The number of aromatic nitrogens is 1. The Bertz CT molecular complexity index is 685. The van der Waals surface area contributed by atoms with Crippen LogP contribution in [0.4, 0.5) is 0 Å². The van der Waals surface area contributed by atoms with E-state index in [1.54, 1.807) is 6.20 Å². The number of thioether (sulfide) groups is 1. The molecule has 2 saturated heterocycles. The highest BCUT2D eigenvalue weighted by Crippen LogP contribution is 2.46. The topological polar surface area (TPSA) is 25.4 Å². The van der Waals surface area contributed by atoms with Gasteiger partial charge in [0.1, 0.15) is 0 Å². The molecule has 4 rings (SSSR count). The maximum Gasteiger partial charge on any atom is 0.0736 e. The first kappa shape index (κ1) is 16.1. The lowest BCUT2D eigenvalue weighted by Gasteiger charge is -2.47. The van der Waals surface area contributed by atoms with E-state index in [0.29, 0.717) is 17.5 Å². The molecule has 0 bridgehead atoms. The van der Waals surface area contributed by atoms with Gasteiger partial charge < -0.3 is 4.74 Å². The standard InChI is InChI=1S/C20H24N2OS/c1-16-5-2-3-7-18(16)11-22-14-20(15-22)9-19(13-24-20)23-12-17-6-4-8-21-10-17/h2-8,10,19H,9,11-15H2,1H3/t19-/m0/s1. The molecule has 126 valence electrons. The van der Waals surface area contributed by atoms with Crippen molar-refractivity contribution in [3.63, 3.8) is 0 Å². The predicted molar refractivity (Wildman–Crippen MR) is 99.1 cm³/mol. The van der Waals surface area contributed by atoms with E-state index in [-0.39, 0.29) is 0 Å². The minimum atomic E-state index is 0.385. The van der Waals surface area contributed by atoms with Gasteiger partial charge in [-0.05, 0) is 36.1 Å². The summed E-state index contributed by atoms with van der Waals surface area (Å²) in [6.07, 6.45) is 5.27. The Morgan fingerprint density at radius 3 is 2.92 bits per heavy atom. The molecule has 1 spiro atoms. The van der Waals surface area contributed by atoms with Gasteiger partial charge in [0, 0.05) is 42.5 Å². The molecule has 0 unspecified atom stereocenters. The Labute approximate surface area is 148 Å². The van der Waals surface area contributed by atoms with E-state index >= 15 is 0 Å². The van der Waals surface area contributed by atoms with Crippen molar-refractivity contribution < 1.29 is 4.74 Å². The van der Waals surface area contributed by atoms with E-state index in [4.69, 9.17) is 4.74 Å². The van der Waals surface area contributed by atoms with Gasteiger partial charge in [-0.1, -0.05) is 30.3 Å². The van der Waals surface area contributed by atoms with Crippen LogP contribution in [0.15, 0.2) is 48.8 Å². The second kappa shape index (κ2) is 6.87. The van der Waals surface area contributed by atoms with E-state index in [1.165, 1.54) is 36.2 Å². The van der Waals surface area contributed by atoms with Crippen molar-refractivity contribution in [2.45, 2.75) is 37.3 Å². The molecular formula is C20H24N2OS. The Morgan fingerprint density at radius 1 is 1.25 bits per heavy atom. The van der Waals surface area contributed by atoms with Crippen LogP contribution in [0, 0.1) is 6.92 Å². The van der Waals surface area contributed by atoms with Crippen LogP contribution in [0.25, 0.3) is 0 Å². The zero-order chi connectivity index (χ0) is 16.4. The second-order valence-corrected chi connectivity index (χ2v) is 8.55. The van der Waals surface area contributed by atoms with Crippen LogP contribution in [0.1, 0.15) is 23.1 Å². The largest absolute Gasteiger partial charge is 0.373 e. The highest BCUT2D eigenvalue weighted by Gasteiger charge is 2.49. The van der Waals surface area contributed by atoms with Crippen LogP contribution in [-0.2, 0) is 17.9 Å². The van der Waals surface area contributed by atoms with Gasteiger partial charge in [0.05, 0.1) is 12.7 Å². The smallest absolute Gasteiger partial charge is 0.0736 e. The van der Waals surface area contributed by atoms with Gasteiger partial charge in [-0.3, -0.25) is 9.88 Å². The number of benzene rings is 1. The molecule has 0 amide bonds. The van der Waals surface area contributed by atoms with Crippen molar-refractivity contribution in [1.82, 2.24) is 9.88 Å². The van der Waals surface area contributed by atoms with Crippen molar-refractivity contribution in [2.24, 2.45) is 0 Å². The van der Waals surface area contributed by atoms with Gasteiger partial charge in [0.2, 0.25) is 0 Å². The van der Waals surface area contributed by atoms with Crippen molar-refractivity contribution in [3.8, 4) is 0 Å². The first-order valence-electron chi connectivity index (χ1n) is 8.64. The third-order valence-corrected chi connectivity index (χ3v) is 6.64. The molecule has 1 aromatic heterocycles. The molecule has 3 heterocycles. The van der Waals surface area contributed by atoms with Crippen molar-refractivity contribution in [1.29, 1.82) is 0 Å². The fraction of sp³-hybridized carbons (Fsp3) is 0.450. The molecule has 0 saturated carbocycles. The summed E-state index contributed by atoms with van der Waals surface area (Å²) >= 11 is 2.11. The predicted octanol–water partition coefficient (Wildman–Crippen LogP) is 3.67. The molecule has 2 fully saturated rings. The normalized spacial score (nSPS) is 22.6. The molecule has 2 aliphatic heterocycles. The summed E-state index contributed by atoms with van der Waals surface area (Å²) in [5.41, 5.74) is 4.02. The fourth-order valence-corrected chi connectivity index (χ4v) is 5.34. The van der Waals surface area contributed by atoms with E-state index in [1.807, 2.05) is 12.3 Å². The summed E-state index contributed by atoms with van der Waals surface area (Å²) in [4.78, 5) is 6.72. The third-order valence-electron chi connectivity index (χ3n) is 5.06. The quantitative estimate of drug-likeness (QED) is 0.829. The molecule has 2 aliphatic rings. The Balaban J connectivity index is 1.25. The molecule has 0 aliphatic carbocycles. The van der Waals surface area contributed by atoms with E-state index in [9.17, 15) is 0 Å². The molecule has 4 heteroatoms. The first-order valence-corrected chi connectivity index (χ1v) is 9.62. The summed E-state index contributed by atoms with van der Waals surface area (Å²) in [5, 5.41) is 0. The number of nitrogens with zero attached hydrogens (tertiary/aromatic N) is 2. The fourth-order valence-electron chi connectivity index (χ4n) is 3.74. The summed E-state index contributed by atoms with van der Waals surface area (Å²) in [6.45, 7) is 6.35. The van der Waals surface area contributed by atoms with Gasteiger partial charge in [-0.15, -0.1) is 11.8 Å². The Kier molecular flexibility index (Phi) is 4.61. The summed E-state index contributed by atoms with van der Waals surface area (Å²) in [5.74, 6) is 1.12. The van der Waals surface area contributed by atoms with Gasteiger partial charge in [0.15, 0.2) is 0 Å². The number of hydrogen-bond donors (Lipinski definition) is 0. The number of aryl methyl sites for hydroxylation is 1. The molecule has 3 nitrogen and oxygen atoms in total. The highest BCUT2D eigenvalue weighted by atomic mass is 32.2. The average Bonchev–Trinajstić information content (AvgIpc) is 3.00. The van der Waals surface area contributed by atoms with Crippen LogP contribution in [0.3, 0.4) is 0 Å². The van der Waals surface area contributed by atoms with E-state index in [2.05, 4.69) is 58.9 Å². The average molecular weight is 340 g/mol. The molecule has 1 atom stereocenters. The summed E-state index contributed by atoms with van der Waals surface area (Å²) < 4.78 is 6.55. The number of rotatable bonds is 5. The van der Waals surface area contributed by atoms with Crippen LogP contribution in [0.2, 0.25) is 0 Å². The Hall–Kier alpha value is -1.36. The molecule has 1 aromatic carbocycles. The zero-order valence-electron chi connectivity index (χ0n) is 14.1. The van der Waals surface area contributed by atoms with Gasteiger partial charge >= 0.3 is 0 Å². The minimum absolute atomic E-state index is 0.385. The number of ether oxygens (including phenoxy) is 1. The lowest BCUT2D eigenvalue weighted by molar-refractivity contribution is 0.0263. The molecule has 2 aromatic rings. The minimum Gasteiger partial charge on any atom is -0.373 e. The van der Waals surface area contributed by atoms with Gasteiger partial charge in [0.25, 0.3) is 0 Å². The number of likely N-dealkylation sites (tertiary alicyclic amines) is 1. The van der Waals surface area contributed by atoms with Crippen molar-refractivity contribution in [3.05, 3.63) is 65.5 Å². The van der Waals surface area contributed by atoms with Crippen LogP contribution in [0.5, 0.6) is 0 Å². The van der Waals surface area contributed by atoms with E-state index in [0.717, 1.165) is 12.3 Å². The van der Waals surface area contributed by atoms with Crippen LogP contribution in [-0.4, -0.2) is 39.6 Å². The maximum atomic E-state index is 6.11. The number of hydrogen-bond acceptors (Lipinski definition) is 4. The molecule has 0 N–H and O–H groups in total. The number of pyridine rings is 1. The second-order valence-electron chi connectivity index (χ2n) is 7.06. The van der Waals surface area contributed by atoms with Crippen molar-refractivity contribution >= 4 is 11.8 Å². The molecule has 24 heavy (non-hydrogen) atoms. The third kappa shape index (κ3) is 3.51. The maximum absolute atomic E-state index is 6.11. The van der Waals surface area contributed by atoms with Gasteiger partial charge in [-0.2, -0.15) is 0 Å². The Morgan fingerprint density at radius 2 is 2.12 bits per heavy atom. The van der Waals surface area contributed by atoms with Gasteiger partial charge in [-0.25, -0.2) is 0 Å². The van der Waals surface area contributed by atoms with E-state index < -0.39 is 0 Å². The molecule has 0 radical (unpaired) electrons. The van der Waals surface area contributed by atoms with Crippen LogP contribution >= 0.6 is 11.8 Å². The zero-order valence-corrected chi connectivity index (χ0v) is 15.0.